The van der Waals surface area contributed by atoms with E-state index in [0.29, 0.717) is 12.2 Å². The molecule has 0 N–H and O–H groups in total. The molecule has 0 spiro atoms. The van der Waals surface area contributed by atoms with Gasteiger partial charge >= 0.3 is 5.97 Å². The third kappa shape index (κ3) is 6.91. The zero-order chi connectivity index (χ0) is 21.6. The summed E-state index contributed by atoms with van der Waals surface area (Å²) in [6.07, 6.45) is 7.87. The van der Waals surface area contributed by atoms with Gasteiger partial charge in [0, 0.05) is 23.1 Å². The number of esters is 1. The Morgan fingerprint density at radius 1 is 1.03 bits per heavy atom. The largest absolute Gasteiger partial charge is 0.461 e. The van der Waals surface area contributed by atoms with Gasteiger partial charge in [0.2, 0.25) is 0 Å². The summed E-state index contributed by atoms with van der Waals surface area (Å²) in [6, 6.07) is 8.49. The molecule has 0 aromatic heterocycles. The maximum Gasteiger partial charge on any atom is 0.307 e. The Morgan fingerprint density at radius 2 is 1.70 bits per heavy atom. The van der Waals surface area contributed by atoms with Crippen molar-refractivity contribution in [1.29, 1.82) is 0 Å². The summed E-state index contributed by atoms with van der Waals surface area (Å²) < 4.78 is 19.0. The summed E-state index contributed by atoms with van der Waals surface area (Å²) in [7, 11) is -1.03. The summed E-state index contributed by atoms with van der Waals surface area (Å²) >= 11 is 0. The predicted octanol–water partition coefficient (Wildman–Crippen LogP) is 4.96. The van der Waals surface area contributed by atoms with E-state index in [1.54, 1.807) is 0 Å². The molecular weight excluding hydrogens is 394 g/mol. The summed E-state index contributed by atoms with van der Waals surface area (Å²) in [5.74, 6) is 0.417. The van der Waals surface area contributed by atoms with Crippen LogP contribution >= 0.6 is 0 Å². The van der Waals surface area contributed by atoms with Crippen molar-refractivity contribution in [1.82, 2.24) is 4.90 Å². The van der Waals surface area contributed by atoms with Crippen LogP contribution in [-0.2, 0) is 31.5 Å². The molecule has 3 unspecified atom stereocenters. The highest BCUT2D eigenvalue weighted by Crippen LogP contribution is 2.28. The minimum Gasteiger partial charge on any atom is -0.461 e. The van der Waals surface area contributed by atoms with Gasteiger partial charge in [-0.3, -0.25) is 9.00 Å². The van der Waals surface area contributed by atoms with Gasteiger partial charge in [-0.05, 0) is 61.7 Å². The average Bonchev–Trinajstić information content (AvgIpc) is 2.73. The Balaban J connectivity index is 1.52. The van der Waals surface area contributed by atoms with E-state index in [2.05, 4.69) is 49.9 Å². The van der Waals surface area contributed by atoms with Gasteiger partial charge < -0.3 is 9.64 Å². The van der Waals surface area contributed by atoms with E-state index in [1.165, 1.54) is 24.8 Å². The van der Waals surface area contributed by atoms with Crippen molar-refractivity contribution in [3.63, 3.8) is 0 Å². The van der Waals surface area contributed by atoms with Crippen molar-refractivity contribution in [2.75, 3.05) is 19.6 Å². The first-order valence-electron chi connectivity index (χ1n) is 11.7. The van der Waals surface area contributed by atoms with Crippen LogP contribution in [-0.4, -0.2) is 46.1 Å². The Labute approximate surface area is 185 Å². The van der Waals surface area contributed by atoms with Crippen LogP contribution in [0.4, 0.5) is 0 Å². The zero-order valence-electron chi connectivity index (χ0n) is 19.0. The lowest BCUT2D eigenvalue weighted by Crippen LogP contribution is -2.39. The number of hydrogen-bond acceptors (Lipinski definition) is 4. The second-order valence-electron chi connectivity index (χ2n) is 9.98. The summed E-state index contributed by atoms with van der Waals surface area (Å²) in [6.45, 7) is 9.58. The molecular formula is C25H39NO3S. The fourth-order valence-electron chi connectivity index (χ4n) is 4.53. The van der Waals surface area contributed by atoms with E-state index in [-0.39, 0.29) is 22.7 Å². The normalized spacial score (nSPS) is 24.4. The molecule has 1 aromatic carbocycles. The van der Waals surface area contributed by atoms with E-state index >= 15 is 0 Å². The first-order valence-corrected chi connectivity index (χ1v) is 13.1. The Morgan fingerprint density at radius 3 is 2.37 bits per heavy atom. The number of likely N-dealkylation sites (tertiary alicyclic amines) is 1. The first kappa shape index (κ1) is 23.5. The molecule has 1 saturated heterocycles. The topological polar surface area (TPSA) is 46.6 Å². The van der Waals surface area contributed by atoms with Gasteiger partial charge in [-0.15, -0.1) is 0 Å². The number of carbonyl (C=O) groups is 1. The van der Waals surface area contributed by atoms with Gasteiger partial charge in [0.05, 0.1) is 11.7 Å². The molecule has 168 valence electrons. The lowest BCUT2D eigenvalue weighted by molar-refractivity contribution is -0.150. The molecule has 1 aliphatic carbocycles. The van der Waals surface area contributed by atoms with Gasteiger partial charge in [0.15, 0.2) is 0 Å². The van der Waals surface area contributed by atoms with Gasteiger partial charge in [-0.1, -0.05) is 57.9 Å². The molecule has 1 heterocycles. The number of hydrogen-bond donors (Lipinski definition) is 0. The second kappa shape index (κ2) is 10.9. The highest BCUT2D eigenvalue weighted by atomic mass is 32.2. The van der Waals surface area contributed by atoms with E-state index in [4.69, 9.17) is 4.74 Å². The van der Waals surface area contributed by atoms with Gasteiger partial charge in [0.1, 0.15) is 6.10 Å². The molecule has 30 heavy (non-hydrogen) atoms. The number of ether oxygens (including phenoxy) is 1. The molecule has 5 heteroatoms. The van der Waals surface area contributed by atoms with Crippen LogP contribution in [0, 0.1) is 0 Å². The maximum absolute atomic E-state index is 13.2. The maximum atomic E-state index is 13.2. The van der Waals surface area contributed by atoms with Crippen molar-refractivity contribution >= 4 is 16.8 Å². The molecule has 0 bridgehead atoms. The molecule has 0 amide bonds. The summed E-state index contributed by atoms with van der Waals surface area (Å²) in [5, 5.41) is -0.0417. The Kier molecular flexibility index (Phi) is 8.52. The fourth-order valence-corrected chi connectivity index (χ4v) is 6.23. The van der Waals surface area contributed by atoms with Gasteiger partial charge in [0.25, 0.3) is 0 Å². The van der Waals surface area contributed by atoms with Crippen LogP contribution in [0.1, 0.15) is 83.3 Å². The van der Waals surface area contributed by atoms with Crippen molar-refractivity contribution in [2.45, 2.75) is 94.7 Å². The fraction of sp³-hybridized carbons (Fsp3) is 0.720. The van der Waals surface area contributed by atoms with E-state index in [9.17, 15) is 9.00 Å². The number of rotatable bonds is 7. The summed E-state index contributed by atoms with van der Waals surface area (Å²) in [5.41, 5.74) is 2.51. The van der Waals surface area contributed by atoms with Gasteiger partial charge in [-0.25, -0.2) is 0 Å². The molecule has 1 saturated carbocycles. The highest BCUT2D eigenvalue weighted by Gasteiger charge is 2.33. The van der Waals surface area contributed by atoms with E-state index in [1.807, 2.05) is 0 Å². The molecule has 1 aliphatic heterocycles. The van der Waals surface area contributed by atoms with Crippen molar-refractivity contribution in [3.8, 4) is 0 Å². The van der Waals surface area contributed by atoms with Crippen molar-refractivity contribution in [2.24, 2.45) is 0 Å². The lowest BCUT2D eigenvalue weighted by atomic mass is 9.87. The predicted molar refractivity (Wildman–Crippen MR) is 124 cm³/mol. The second-order valence-corrected chi connectivity index (χ2v) is 11.6. The minimum atomic E-state index is -1.03. The van der Waals surface area contributed by atoms with Crippen LogP contribution in [0.2, 0.25) is 0 Å². The van der Waals surface area contributed by atoms with Crippen LogP contribution < -0.4 is 0 Å². The van der Waals surface area contributed by atoms with E-state index in [0.717, 1.165) is 50.9 Å². The van der Waals surface area contributed by atoms with Crippen molar-refractivity contribution in [3.05, 3.63) is 35.4 Å². The third-order valence-electron chi connectivity index (χ3n) is 6.47. The molecule has 2 fully saturated rings. The third-order valence-corrected chi connectivity index (χ3v) is 8.30. The zero-order valence-corrected chi connectivity index (χ0v) is 19.8. The Bertz CT molecular complexity index is 704. The number of piperidine rings is 1. The quantitative estimate of drug-likeness (QED) is 0.570. The Hall–Kier alpha value is -1.20. The lowest BCUT2D eigenvalue weighted by Gasteiger charge is -2.31. The van der Waals surface area contributed by atoms with Crippen LogP contribution in [0.25, 0.3) is 0 Å². The van der Waals surface area contributed by atoms with Crippen LogP contribution in [0.5, 0.6) is 0 Å². The van der Waals surface area contributed by atoms with Gasteiger partial charge in [-0.2, -0.15) is 0 Å². The number of nitrogens with zero attached hydrogens (tertiary/aromatic N) is 1. The SMILES string of the molecule is CC(C)(C)c1ccc(CS(=O)C2CCCCC2OC(=O)CCN2CCCCC2)cc1. The molecule has 0 radical (unpaired) electrons. The number of carbonyl (C=O) groups excluding carboxylic acids is 1. The van der Waals surface area contributed by atoms with Crippen LogP contribution in [0.15, 0.2) is 24.3 Å². The smallest absolute Gasteiger partial charge is 0.307 e. The van der Waals surface area contributed by atoms with Crippen molar-refractivity contribution < 1.29 is 13.7 Å². The average molecular weight is 434 g/mol. The molecule has 3 atom stereocenters. The number of benzene rings is 1. The standard InChI is InChI=1S/C25H39NO3S/c1-25(2,3)21-13-11-20(12-14-21)19-30(28)23-10-6-5-9-22(23)29-24(27)15-18-26-16-7-4-8-17-26/h11-14,22-23H,4-10,15-19H2,1-3H3. The van der Waals surface area contributed by atoms with E-state index < -0.39 is 10.8 Å². The highest BCUT2D eigenvalue weighted by molar-refractivity contribution is 7.84. The molecule has 3 rings (SSSR count). The minimum absolute atomic E-state index is 0.0417. The first-order chi connectivity index (χ1) is 14.3. The molecule has 4 nitrogen and oxygen atoms in total. The molecule has 1 aromatic rings. The monoisotopic (exact) mass is 433 g/mol. The van der Waals surface area contributed by atoms with Crippen LogP contribution in [0.3, 0.4) is 0 Å². The summed E-state index contributed by atoms with van der Waals surface area (Å²) in [4.78, 5) is 14.8. The molecule has 2 aliphatic rings.